The first-order chi connectivity index (χ1) is 11.6. The van der Waals surface area contributed by atoms with Gasteiger partial charge in [-0.1, -0.05) is 12.1 Å². The van der Waals surface area contributed by atoms with Crippen LogP contribution in [0.2, 0.25) is 0 Å². The molecule has 2 aromatic rings. The lowest BCUT2D eigenvalue weighted by Gasteiger charge is -2.18. The van der Waals surface area contributed by atoms with E-state index in [0.717, 1.165) is 31.6 Å². The number of nitrogens with zero attached hydrogens (tertiary/aromatic N) is 1. The maximum atomic E-state index is 12.5. The minimum Gasteiger partial charge on any atom is -0.378 e. The van der Waals surface area contributed by atoms with Crippen molar-refractivity contribution >= 4 is 17.2 Å². The monoisotopic (exact) mass is 343 g/mol. The zero-order valence-electron chi connectivity index (χ0n) is 14.5. The average Bonchev–Trinajstić information content (AvgIpc) is 3.26. The van der Waals surface area contributed by atoms with Gasteiger partial charge in [0.15, 0.2) is 0 Å². The second kappa shape index (κ2) is 7.95. The Hall–Kier alpha value is -1.65. The molecule has 0 unspecified atom stereocenters. The summed E-state index contributed by atoms with van der Waals surface area (Å²) in [7, 11) is 1.88. The predicted molar refractivity (Wildman–Crippen MR) is 99.7 cm³/mol. The number of hydrogen-bond acceptors (Lipinski definition) is 3. The van der Waals surface area contributed by atoms with Crippen molar-refractivity contribution in [2.45, 2.75) is 38.7 Å². The summed E-state index contributed by atoms with van der Waals surface area (Å²) >= 11 is 1.74. The first-order valence-corrected chi connectivity index (χ1v) is 9.54. The van der Waals surface area contributed by atoms with Gasteiger partial charge in [0.2, 0.25) is 0 Å². The number of thiophene rings is 1. The van der Waals surface area contributed by atoms with Gasteiger partial charge in [0, 0.05) is 30.6 Å². The summed E-state index contributed by atoms with van der Waals surface area (Å²) in [6.07, 6.45) is 4.80. The number of amides is 1. The van der Waals surface area contributed by atoms with E-state index in [0.29, 0.717) is 6.10 Å². The van der Waals surface area contributed by atoms with E-state index in [2.05, 4.69) is 18.4 Å². The predicted octanol–water partition coefficient (Wildman–Crippen LogP) is 4.75. The highest BCUT2D eigenvalue weighted by molar-refractivity contribution is 7.13. The molecule has 3 rings (SSSR count). The van der Waals surface area contributed by atoms with Gasteiger partial charge < -0.3 is 9.64 Å². The van der Waals surface area contributed by atoms with Gasteiger partial charge in [-0.3, -0.25) is 4.79 Å². The highest BCUT2D eigenvalue weighted by atomic mass is 32.1. The molecule has 2 heterocycles. The summed E-state index contributed by atoms with van der Waals surface area (Å²) < 4.78 is 5.64. The first-order valence-electron chi connectivity index (χ1n) is 8.67. The van der Waals surface area contributed by atoms with E-state index in [1.54, 1.807) is 11.3 Å². The molecule has 0 aliphatic carbocycles. The third-order valence-corrected chi connectivity index (χ3v) is 5.71. The maximum absolute atomic E-state index is 12.5. The molecule has 1 atom stereocenters. The zero-order chi connectivity index (χ0) is 16.9. The van der Waals surface area contributed by atoms with E-state index in [4.69, 9.17) is 4.74 Å². The highest BCUT2D eigenvalue weighted by Gasteiger charge is 2.16. The Kier molecular flexibility index (Phi) is 5.69. The van der Waals surface area contributed by atoms with Crippen molar-refractivity contribution < 1.29 is 9.53 Å². The molecule has 0 saturated carbocycles. The van der Waals surface area contributed by atoms with E-state index in [-0.39, 0.29) is 5.91 Å². The van der Waals surface area contributed by atoms with Crippen LogP contribution in [0, 0.1) is 6.92 Å². The van der Waals surface area contributed by atoms with Crippen molar-refractivity contribution in [3.63, 3.8) is 0 Å². The molecule has 1 saturated heterocycles. The fourth-order valence-electron chi connectivity index (χ4n) is 3.18. The summed E-state index contributed by atoms with van der Waals surface area (Å²) in [6.45, 7) is 3.80. The molecular formula is C20H25NO2S. The van der Waals surface area contributed by atoms with Crippen LogP contribution in [0.3, 0.4) is 0 Å². The number of hydrogen-bond donors (Lipinski definition) is 0. The van der Waals surface area contributed by atoms with Crippen molar-refractivity contribution in [1.82, 2.24) is 4.90 Å². The summed E-state index contributed by atoms with van der Waals surface area (Å²) in [5, 5.41) is 2.10. The van der Waals surface area contributed by atoms with Crippen molar-refractivity contribution in [2.75, 3.05) is 20.2 Å². The molecule has 24 heavy (non-hydrogen) atoms. The zero-order valence-corrected chi connectivity index (χ0v) is 15.3. The fourth-order valence-corrected chi connectivity index (χ4v) is 4.12. The minimum atomic E-state index is 0.0943. The average molecular weight is 343 g/mol. The molecule has 1 aliphatic heterocycles. The van der Waals surface area contributed by atoms with Crippen LogP contribution in [-0.2, 0) is 4.74 Å². The van der Waals surface area contributed by atoms with Crippen molar-refractivity contribution in [1.29, 1.82) is 0 Å². The summed E-state index contributed by atoms with van der Waals surface area (Å²) in [6, 6.07) is 10.1. The highest BCUT2D eigenvalue weighted by Crippen LogP contribution is 2.29. The van der Waals surface area contributed by atoms with Crippen LogP contribution in [0.4, 0.5) is 0 Å². The van der Waals surface area contributed by atoms with Gasteiger partial charge in [0.05, 0.1) is 6.10 Å². The van der Waals surface area contributed by atoms with E-state index >= 15 is 0 Å². The Morgan fingerprint density at radius 3 is 2.71 bits per heavy atom. The Balaban J connectivity index is 1.55. The summed E-state index contributed by atoms with van der Waals surface area (Å²) in [5.41, 5.74) is 3.22. The number of aryl methyl sites for hydroxylation is 1. The van der Waals surface area contributed by atoms with Crippen LogP contribution in [0.25, 0.3) is 10.4 Å². The van der Waals surface area contributed by atoms with Gasteiger partial charge in [-0.25, -0.2) is 0 Å². The Labute approximate surface area is 148 Å². The van der Waals surface area contributed by atoms with Gasteiger partial charge in [0.25, 0.3) is 5.91 Å². The van der Waals surface area contributed by atoms with E-state index in [1.807, 2.05) is 36.2 Å². The quantitative estimate of drug-likeness (QED) is 0.757. The molecule has 1 fully saturated rings. The Morgan fingerprint density at radius 1 is 1.29 bits per heavy atom. The van der Waals surface area contributed by atoms with Gasteiger partial charge in [-0.05, 0) is 67.3 Å². The molecule has 0 spiro atoms. The van der Waals surface area contributed by atoms with Crippen LogP contribution in [0.5, 0.6) is 0 Å². The number of rotatable bonds is 6. The lowest BCUT2D eigenvalue weighted by molar-refractivity contribution is 0.0763. The van der Waals surface area contributed by atoms with Gasteiger partial charge in [-0.15, -0.1) is 11.3 Å². The molecule has 1 aromatic heterocycles. The summed E-state index contributed by atoms with van der Waals surface area (Å²) in [4.78, 5) is 15.6. The molecular weight excluding hydrogens is 318 g/mol. The Bertz CT molecular complexity index is 671. The molecule has 0 bridgehead atoms. The molecule has 1 aliphatic rings. The minimum absolute atomic E-state index is 0.0943. The normalized spacial score (nSPS) is 17.2. The van der Waals surface area contributed by atoms with Gasteiger partial charge in [-0.2, -0.15) is 0 Å². The van der Waals surface area contributed by atoms with Crippen LogP contribution >= 0.6 is 11.3 Å². The van der Waals surface area contributed by atoms with Crippen LogP contribution in [-0.4, -0.2) is 37.1 Å². The van der Waals surface area contributed by atoms with Crippen LogP contribution in [0.15, 0.2) is 35.7 Å². The molecule has 1 amide bonds. The first kappa shape index (κ1) is 17.2. The maximum Gasteiger partial charge on any atom is 0.253 e. The molecule has 4 heteroatoms. The third kappa shape index (κ3) is 4.05. The van der Waals surface area contributed by atoms with Gasteiger partial charge >= 0.3 is 0 Å². The summed E-state index contributed by atoms with van der Waals surface area (Å²) in [5.74, 6) is 0.0943. The molecule has 128 valence electrons. The standard InChI is InChI=1S/C20H25NO2S/c1-15-11-14-24-19(15)16-7-9-17(10-8-16)20(22)21(2)12-3-5-18-6-4-13-23-18/h7-11,14,18H,3-6,12-13H2,1-2H3/t18-/m0/s1. The van der Waals surface area contributed by atoms with E-state index in [1.165, 1.54) is 28.8 Å². The van der Waals surface area contributed by atoms with Crippen molar-refractivity contribution in [2.24, 2.45) is 0 Å². The smallest absolute Gasteiger partial charge is 0.253 e. The third-order valence-electron chi connectivity index (χ3n) is 4.65. The number of ether oxygens (including phenoxy) is 1. The number of carbonyl (C=O) groups is 1. The fraction of sp³-hybridized carbons (Fsp3) is 0.450. The molecule has 3 nitrogen and oxygen atoms in total. The second-order valence-corrected chi connectivity index (χ2v) is 7.43. The van der Waals surface area contributed by atoms with E-state index in [9.17, 15) is 4.79 Å². The molecule has 0 N–H and O–H groups in total. The van der Waals surface area contributed by atoms with Crippen molar-refractivity contribution in [3.05, 3.63) is 46.8 Å². The Morgan fingerprint density at radius 2 is 2.08 bits per heavy atom. The van der Waals surface area contributed by atoms with Crippen LogP contribution in [0.1, 0.15) is 41.6 Å². The number of benzene rings is 1. The number of carbonyl (C=O) groups excluding carboxylic acids is 1. The van der Waals surface area contributed by atoms with Crippen molar-refractivity contribution in [3.8, 4) is 10.4 Å². The lowest BCUT2D eigenvalue weighted by Crippen LogP contribution is -2.28. The SMILES string of the molecule is Cc1ccsc1-c1ccc(C(=O)N(C)CCC[C@H]2CCCO2)cc1. The van der Waals surface area contributed by atoms with Gasteiger partial charge in [0.1, 0.15) is 0 Å². The second-order valence-electron chi connectivity index (χ2n) is 6.51. The molecule has 0 radical (unpaired) electrons. The van der Waals surface area contributed by atoms with Crippen LogP contribution < -0.4 is 0 Å². The largest absolute Gasteiger partial charge is 0.378 e. The lowest BCUT2D eigenvalue weighted by atomic mass is 10.1. The van der Waals surface area contributed by atoms with E-state index < -0.39 is 0 Å². The topological polar surface area (TPSA) is 29.5 Å². The molecule has 1 aromatic carbocycles.